The maximum absolute atomic E-state index is 11.7. The van der Waals surface area contributed by atoms with Gasteiger partial charge in [0.15, 0.2) is 9.84 Å². The number of sulfone groups is 1. The number of ether oxygens (including phenoxy) is 1. The summed E-state index contributed by atoms with van der Waals surface area (Å²) >= 11 is 0. The second-order valence-electron chi connectivity index (χ2n) is 5.77. The summed E-state index contributed by atoms with van der Waals surface area (Å²) in [5.41, 5.74) is 3.25. The summed E-state index contributed by atoms with van der Waals surface area (Å²) in [6.45, 7) is 0.130. The van der Waals surface area contributed by atoms with Crippen molar-refractivity contribution in [1.29, 1.82) is 5.26 Å². The van der Waals surface area contributed by atoms with E-state index < -0.39 is 9.84 Å². The normalized spacial score (nSPS) is 11.1. The van der Waals surface area contributed by atoms with Crippen LogP contribution in [0.2, 0.25) is 0 Å². The van der Waals surface area contributed by atoms with Gasteiger partial charge in [0.2, 0.25) is 0 Å². The lowest BCUT2D eigenvalue weighted by Crippen LogP contribution is -1.97. The van der Waals surface area contributed by atoms with Crippen molar-refractivity contribution in [2.24, 2.45) is 0 Å². The van der Waals surface area contributed by atoms with Crippen molar-refractivity contribution in [2.75, 3.05) is 13.4 Å². The van der Waals surface area contributed by atoms with Gasteiger partial charge >= 0.3 is 0 Å². The van der Waals surface area contributed by atoms with Gasteiger partial charge in [-0.3, -0.25) is 4.68 Å². The molecule has 1 heterocycles. The summed E-state index contributed by atoms with van der Waals surface area (Å²) in [6.07, 6.45) is 2.98. The van der Waals surface area contributed by atoms with Crippen molar-refractivity contribution in [2.45, 2.75) is 11.4 Å². The molecule has 0 saturated heterocycles. The van der Waals surface area contributed by atoms with Gasteiger partial charge in [-0.05, 0) is 29.8 Å². The topological polar surface area (TPSA) is 85.0 Å². The van der Waals surface area contributed by atoms with Crippen molar-refractivity contribution >= 4 is 9.84 Å². The van der Waals surface area contributed by atoms with Crippen molar-refractivity contribution in [3.8, 4) is 34.2 Å². The number of aromatic nitrogens is 2. The van der Waals surface area contributed by atoms with Gasteiger partial charge in [0.05, 0.1) is 18.1 Å². The SMILES string of the molecule is COc1ccc(-c2cn(CC#N)nc2-c2ccc(S(C)(=O)=O)cc2)cc1. The molecule has 0 aliphatic heterocycles. The number of hydrogen-bond acceptors (Lipinski definition) is 5. The molecule has 3 aromatic rings. The first-order valence-electron chi connectivity index (χ1n) is 7.81. The first-order valence-corrected chi connectivity index (χ1v) is 9.71. The Balaban J connectivity index is 2.09. The Morgan fingerprint density at radius 1 is 1.08 bits per heavy atom. The molecule has 0 saturated carbocycles. The quantitative estimate of drug-likeness (QED) is 0.691. The highest BCUT2D eigenvalue weighted by Gasteiger charge is 2.15. The van der Waals surface area contributed by atoms with E-state index in [4.69, 9.17) is 10.00 Å². The number of nitrogens with zero attached hydrogens (tertiary/aromatic N) is 3. The molecule has 0 radical (unpaired) electrons. The smallest absolute Gasteiger partial charge is 0.175 e. The van der Waals surface area contributed by atoms with Gasteiger partial charge < -0.3 is 4.74 Å². The molecule has 0 aliphatic carbocycles. The standard InChI is InChI=1S/C19H17N3O3S/c1-25-16-7-3-14(4-8-16)18-13-22(12-11-20)21-19(18)15-5-9-17(10-6-15)26(2,23)24/h3-10,13H,12H2,1-2H3. The lowest BCUT2D eigenvalue weighted by Gasteiger charge is -2.05. The van der Waals surface area contributed by atoms with Gasteiger partial charge in [-0.15, -0.1) is 0 Å². The van der Waals surface area contributed by atoms with E-state index in [0.29, 0.717) is 5.69 Å². The Bertz CT molecular complexity index is 1060. The van der Waals surface area contributed by atoms with Crippen LogP contribution in [-0.2, 0) is 16.4 Å². The van der Waals surface area contributed by atoms with Crippen molar-refractivity contribution in [3.63, 3.8) is 0 Å². The molecule has 132 valence electrons. The lowest BCUT2D eigenvalue weighted by molar-refractivity contribution is 0.415. The first-order chi connectivity index (χ1) is 12.4. The van der Waals surface area contributed by atoms with Crippen LogP contribution < -0.4 is 4.74 Å². The Kier molecular flexibility index (Phi) is 4.78. The summed E-state index contributed by atoms with van der Waals surface area (Å²) < 4.78 is 30.1. The number of rotatable bonds is 5. The summed E-state index contributed by atoms with van der Waals surface area (Å²) in [6, 6.07) is 16.2. The molecule has 0 bridgehead atoms. The van der Waals surface area contributed by atoms with Crippen LogP contribution in [0.25, 0.3) is 22.4 Å². The molecule has 7 heteroatoms. The van der Waals surface area contributed by atoms with Crippen LogP contribution in [0.4, 0.5) is 0 Å². The Labute approximate surface area is 152 Å². The summed E-state index contributed by atoms with van der Waals surface area (Å²) in [4.78, 5) is 0.253. The van der Waals surface area contributed by atoms with Gasteiger partial charge in [0, 0.05) is 23.6 Å². The van der Waals surface area contributed by atoms with Gasteiger partial charge in [-0.1, -0.05) is 24.3 Å². The van der Waals surface area contributed by atoms with E-state index in [9.17, 15) is 8.42 Å². The molecule has 0 N–H and O–H groups in total. The average Bonchev–Trinajstić information content (AvgIpc) is 3.05. The van der Waals surface area contributed by atoms with Crippen LogP contribution in [-0.4, -0.2) is 31.6 Å². The van der Waals surface area contributed by atoms with Crippen molar-refractivity contribution in [1.82, 2.24) is 9.78 Å². The maximum Gasteiger partial charge on any atom is 0.175 e. The number of hydrogen-bond donors (Lipinski definition) is 0. The molecule has 3 rings (SSSR count). The second kappa shape index (κ2) is 7.02. The highest BCUT2D eigenvalue weighted by molar-refractivity contribution is 7.90. The van der Waals surface area contributed by atoms with Gasteiger partial charge in [0.25, 0.3) is 0 Å². The summed E-state index contributed by atoms with van der Waals surface area (Å²) in [5.74, 6) is 0.747. The van der Waals surface area contributed by atoms with Crippen molar-refractivity contribution in [3.05, 3.63) is 54.7 Å². The van der Waals surface area contributed by atoms with E-state index in [0.717, 1.165) is 22.4 Å². The molecule has 0 amide bonds. The molecular formula is C19H17N3O3S. The molecule has 1 aromatic heterocycles. The predicted molar refractivity (Wildman–Crippen MR) is 98.4 cm³/mol. The van der Waals surface area contributed by atoms with E-state index >= 15 is 0 Å². The first kappa shape index (κ1) is 17.7. The van der Waals surface area contributed by atoms with E-state index in [2.05, 4.69) is 11.2 Å². The Morgan fingerprint density at radius 2 is 1.69 bits per heavy atom. The van der Waals surface area contributed by atoms with Crippen LogP contribution in [0.15, 0.2) is 59.6 Å². The van der Waals surface area contributed by atoms with Gasteiger partial charge in [-0.2, -0.15) is 10.4 Å². The highest BCUT2D eigenvalue weighted by atomic mass is 32.2. The minimum absolute atomic E-state index is 0.130. The molecule has 0 fully saturated rings. The summed E-state index contributed by atoms with van der Waals surface area (Å²) in [7, 11) is -1.65. The fraction of sp³-hybridized carbons (Fsp3) is 0.158. The molecule has 6 nitrogen and oxygen atoms in total. The molecule has 26 heavy (non-hydrogen) atoms. The minimum Gasteiger partial charge on any atom is -0.497 e. The fourth-order valence-corrected chi connectivity index (χ4v) is 3.26. The molecule has 0 aliphatic rings. The average molecular weight is 367 g/mol. The molecule has 0 atom stereocenters. The van der Waals surface area contributed by atoms with Gasteiger partial charge in [-0.25, -0.2) is 8.42 Å². The number of nitriles is 1. The van der Waals surface area contributed by atoms with Crippen LogP contribution in [0.5, 0.6) is 5.75 Å². The van der Waals surface area contributed by atoms with E-state index in [1.165, 1.54) is 6.26 Å². The number of benzene rings is 2. The fourth-order valence-electron chi connectivity index (χ4n) is 2.63. The lowest BCUT2D eigenvalue weighted by atomic mass is 10.0. The Hall–Kier alpha value is -3.11. The van der Waals surface area contributed by atoms with Crippen LogP contribution in [0.1, 0.15) is 0 Å². The molecule has 0 spiro atoms. The van der Waals surface area contributed by atoms with Crippen molar-refractivity contribution < 1.29 is 13.2 Å². The van der Waals surface area contributed by atoms with Gasteiger partial charge in [0.1, 0.15) is 18.0 Å². The summed E-state index contributed by atoms with van der Waals surface area (Å²) in [5, 5.41) is 13.5. The van der Waals surface area contributed by atoms with Crippen LogP contribution >= 0.6 is 0 Å². The predicted octanol–water partition coefficient (Wildman–Crippen LogP) is 3.15. The molecule has 0 unspecified atom stereocenters. The van der Waals surface area contributed by atoms with E-state index in [1.54, 1.807) is 36.1 Å². The third-order valence-electron chi connectivity index (χ3n) is 3.95. The van der Waals surface area contributed by atoms with E-state index in [1.807, 2.05) is 30.5 Å². The highest BCUT2D eigenvalue weighted by Crippen LogP contribution is 2.32. The minimum atomic E-state index is -3.26. The monoisotopic (exact) mass is 367 g/mol. The second-order valence-corrected chi connectivity index (χ2v) is 7.79. The zero-order valence-corrected chi connectivity index (χ0v) is 15.2. The Morgan fingerprint density at radius 3 is 2.23 bits per heavy atom. The molecular weight excluding hydrogens is 350 g/mol. The zero-order chi connectivity index (χ0) is 18.7. The number of methoxy groups -OCH3 is 1. The zero-order valence-electron chi connectivity index (χ0n) is 14.4. The van der Waals surface area contributed by atoms with Crippen LogP contribution in [0, 0.1) is 11.3 Å². The van der Waals surface area contributed by atoms with E-state index in [-0.39, 0.29) is 11.4 Å². The third kappa shape index (κ3) is 3.60. The molecule has 2 aromatic carbocycles. The largest absolute Gasteiger partial charge is 0.497 e. The maximum atomic E-state index is 11.7. The third-order valence-corrected chi connectivity index (χ3v) is 5.08. The van der Waals surface area contributed by atoms with Crippen LogP contribution in [0.3, 0.4) is 0 Å².